The molecule has 0 unspecified atom stereocenters. The molecule has 0 saturated carbocycles. The van der Waals surface area contributed by atoms with E-state index in [4.69, 9.17) is 0 Å². The van der Waals surface area contributed by atoms with Crippen LogP contribution >= 0.6 is 0 Å². The Hall–Kier alpha value is -2.71. The van der Waals surface area contributed by atoms with E-state index >= 15 is 0 Å². The minimum absolute atomic E-state index is 0.139. The van der Waals surface area contributed by atoms with Gasteiger partial charge in [0.2, 0.25) is 15.9 Å². The Kier molecular flexibility index (Phi) is 7.46. The third-order valence-corrected chi connectivity index (χ3v) is 7.36. The van der Waals surface area contributed by atoms with Crippen molar-refractivity contribution in [3.05, 3.63) is 65.2 Å². The number of likely N-dealkylation sites (tertiary alicyclic amines) is 1. The van der Waals surface area contributed by atoms with Gasteiger partial charge in [0.15, 0.2) is 0 Å². The first-order valence-electron chi connectivity index (χ1n) is 10.5. The monoisotopic (exact) mass is 443 g/mol. The molecule has 0 atom stereocenters. The van der Waals surface area contributed by atoms with Crippen LogP contribution in [-0.2, 0) is 21.4 Å². The zero-order valence-electron chi connectivity index (χ0n) is 18.0. The van der Waals surface area contributed by atoms with Crippen LogP contribution in [0.2, 0.25) is 0 Å². The summed E-state index contributed by atoms with van der Waals surface area (Å²) in [5.41, 5.74) is 2.31. The summed E-state index contributed by atoms with van der Waals surface area (Å²) in [5.74, 6) is -0.0718. The van der Waals surface area contributed by atoms with E-state index in [9.17, 15) is 18.0 Å². The lowest BCUT2D eigenvalue weighted by Gasteiger charge is -2.21. The number of nitrogens with one attached hydrogen (secondary N) is 1. The molecule has 0 radical (unpaired) electrons. The van der Waals surface area contributed by atoms with Crippen molar-refractivity contribution in [3.8, 4) is 0 Å². The van der Waals surface area contributed by atoms with Crippen LogP contribution in [0.3, 0.4) is 0 Å². The van der Waals surface area contributed by atoms with E-state index in [2.05, 4.69) is 5.32 Å². The van der Waals surface area contributed by atoms with Crippen LogP contribution in [0.4, 0.5) is 0 Å². The van der Waals surface area contributed by atoms with Crippen LogP contribution in [0.15, 0.2) is 53.4 Å². The predicted octanol–water partition coefficient (Wildman–Crippen LogP) is 2.56. The molecular formula is C23H29N3O4S. The number of benzene rings is 2. The van der Waals surface area contributed by atoms with Crippen LogP contribution in [0.25, 0.3) is 0 Å². The maximum Gasteiger partial charge on any atom is 0.251 e. The molecule has 2 aromatic carbocycles. The maximum absolute atomic E-state index is 12.9. The topological polar surface area (TPSA) is 86.8 Å². The van der Waals surface area contributed by atoms with Gasteiger partial charge in [0.05, 0.1) is 4.90 Å². The normalized spacial score (nSPS) is 14.3. The summed E-state index contributed by atoms with van der Waals surface area (Å²) < 4.78 is 27.3. The van der Waals surface area contributed by atoms with Crippen LogP contribution < -0.4 is 5.32 Å². The molecule has 166 valence electrons. The SMILES string of the molecule is CCN(Cc1ccc(C(=O)NCCN2CCCC2=O)cc1)S(=O)(=O)c1ccc(C)cc1. The summed E-state index contributed by atoms with van der Waals surface area (Å²) in [5, 5.41) is 2.83. The van der Waals surface area contributed by atoms with Crippen molar-refractivity contribution in [1.82, 2.24) is 14.5 Å². The fraction of sp³-hybridized carbons (Fsp3) is 0.391. The summed E-state index contributed by atoms with van der Waals surface area (Å²) in [6.07, 6.45) is 1.46. The molecule has 1 aliphatic rings. The van der Waals surface area contributed by atoms with Gasteiger partial charge in [-0.05, 0) is 43.2 Å². The number of sulfonamides is 1. The van der Waals surface area contributed by atoms with Crippen LogP contribution in [0.5, 0.6) is 0 Å². The van der Waals surface area contributed by atoms with Gasteiger partial charge in [-0.2, -0.15) is 4.31 Å². The van der Waals surface area contributed by atoms with Crippen molar-refractivity contribution in [2.24, 2.45) is 0 Å². The first-order valence-corrected chi connectivity index (χ1v) is 12.0. The number of carbonyl (C=O) groups is 2. The minimum atomic E-state index is -3.60. The Bertz CT molecular complexity index is 1020. The maximum atomic E-state index is 12.9. The van der Waals surface area contributed by atoms with Crippen molar-refractivity contribution in [1.29, 1.82) is 0 Å². The van der Waals surface area contributed by atoms with Crippen molar-refractivity contribution in [2.45, 2.75) is 38.1 Å². The minimum Gasteiger partial charge on any atom is -0.350 e. The predicted molar refractivity (Wildman–Crippen MR) is 119 cm³/mol. The second-order valence-corrected chi connectivity index (χ2v) is 9.62. The number of hydrogen-bond acceptors (Lipinski definition) is 4. The van der Waals surface area contributed by atoms with Crippen molar-refractivity contribution in [3.63, 3.8) is 0 Å². The third-order valence-electron chi connectivity index (χ3n) is 5.43. The quantitative estimate of drug-likeness (QED) is 0.645. The Balaban J connectivity index is 1.58. The Morgan fingerprint density at radius 2 is 1.77 bits per heavy atom. The van der Waals surface area contributed by atoms with E-state index in [0.717, 1.165) is 24.1 Å². The second kappa shape index (κ2) is 10.1. The Morgan fingerprint density at radius 3 is 2.35 bits per heavy atom. The summed E-state index contributed by atoms with van der Waals surface area (Å²) in [4.78, 5) is 26.0. The highest BCUT2D eigenvalue weighted by Crippen LogP contribution is 2.19. The van der Waals surface area contributed by atoms with Crippen molar-refractivity contribution < 1.29 is 18.0 Å². The lowest BCUT2D eigenvalue weighted by molar-refractivity contribution is -0.127. The fourth-order valence-electron chi connectivity index (χ4n) is 3.54. The molecule has 3 rings (SSSR count). The average Bonchev–Trinajstić information content (AvgIpc) is 3.17. The van der Waals surface area contributed by atoms with Crippen LogP contribution in [0.1, 0.15) is 41.3 Å². The zero-order chi connectivity index (χ0) is 22.4. The average molecular weight is 444 g/mol. The first-order chi connectivity index (χ1) is 14.8. The van der Waals surface area contributed by atoms with Gasteiger partial charge in [-0.3, -0.25) is 9.59 Å². The molecule has 0 aliphatic carbocycles. The molecule has 31 heavy (non-hydrogen) atoms. The standard InChI is InChI=1S/C23H29N3O4S/c1-3-26(31(29,30)21-12-6-18(2)7-13-21)17-19-8-10-20(11-9-19)23(28)24-14-16-25-15-4-5-22(25)27/h6-13H,3-5,14-17H2,1-2H3,(H,24,28). The van der Waals surface area contributed by atoms with Crippen LogP contribution in [-0.4, -0.2) is 55.6 Å². The number of carbonyl (C=O) groups excluding carboxylic acids is 2. The smallest absolute Gasteiger partial charge is 0.251 e. The summed E-state index contributed by atoms with van der Waals surface area (Å²) in [6, 6.07) is 13.7. The molecule has 2 aromatic rings. The highest BCUT2D eigenvalue weighted by Gasteiger charge is 2.23. The van der Waals surface area contributed by atoms with E-state index in [1.807, 2.05) is 6.92 Å². The number of rotatable bonds is 9. The molecule has 0 aromatic heterocycles. The molecule has 1 aliphatic heterocycles. The number of amides is 2. The van der Waals surface area contributed by atoms with Gasteiger partial charge in [0, 0.05) is 44.7 Å². The van der Waals surface area contributed by atoms with E-state index < -0.39 is 10.0 Å². The summed E-state index contributed by atoms with van der Waals surface area (Å²) in [6.45, 7) is 5.97. The molecule has 1 heterocycles. The van der Waals surface area contributed by atoms with Gasteiger partial charge in [0.1, 0.15) is 0 Å². The van der Waals surface area contributed by atoms with E-state index in [-0.39, 0.29) is 23.3 Å². The number of aryl methyl sites for hydroxylation is 1. The Morgan fingerprint density at radius 1 is 1.10 bits per heavy atom. The second-order valence-electron chi connectivity index (χ2n) is 7.68. The lowest BCUT2D eigenvalue weighted by Crippen LogP contribution is -2.35. The van der Waals surface area contributed by atoms with Crippen molar-refractivity contribution >= 4 is 21.8 Å². The van der Waals surface area contributed by atoms with E-state index in [0.29, 0.717) is 31.6 Å². The molecule has 1 fully saturated rings. The number of hydrogen-bond donors (Lipinski definition) is 1. The van der Waals surface area contributed by atoms with E-state index in [1.165, 1.54) is 4.31 Å². The third kappa shape index (κ3) is 5.71. The lowest BCUT2D eigenvalue weighted by atomic mass is 10.1. The first kappa shape index (κ1) is 23.0. The Labute approximate surface area is 184 Å². The zero-order valence-corrected chi connectivity index (χ0v) is 18.8. The molecular weight excluding hydrogens is 414 g/mol. The highest BCUT2D eigenvalue weighted by molar-refractivity contribution is 7.89. The molecule has 8 heteroatoms. The molecule has 2 amide bonds. The van der Waals surface area contributed by atoms with Crippen molar-refractivity contribution in [2.75, 3.05) is 26.2 Å². The molecule has 0 bridgehead atoms. The summed E-state index contributed by atoms with van der Waals surface area (Å²) in [7, 11) is -3.60. The molecule has 1 N–H and O–H groups in total. The number of nitrogens with zero attached hydrogens (tertiary/aromatic N) is 2. The van der Waals surface area contributed by atoms with E-state index in [1.54, 1.807) is 60.4 Å². The molecule has 7 nitrogen and oxygen atoms in total. The van der Waals surface area contributed by atoms with Crippen LogP contribution in [0, 0.1) is 6.92 Å². The summed E-state index contributed by atoms with van der Waals surface area (Å²) >= 11 is 0. The van der Waals surface area contributed by atoms with Gasteiger partial charge in [-0.15, -0.1) is 0 Å². The van der Waals surface area contributed by atoms with Gasteiger partial charge >= 0.3 is 0 Å². The van der Waals surface area contributed by atoms with Gasteiger partial charge < -0.3 is 10.2 Å². The highest BCUT2D eigenvalue weighted by atomic mass is 32.2. The van der Waals surface area contributed by atoms with Gasteiger partial charge in [-0.1, -0.05) is 36.8 Å². The largest absolute Gasteiger partial charge is 0.350 e. The van der Waals surface area contributed by atoms with Gasteiger partial charge in [-0.25, -0.2) is 8.42 Å². The van der Waals surface area contributed by atoms with Gasteiger partial charge in [0.25, 0.3) is 5.91 Å². The molecule has 0 spiro atoms. The fourth-order valence-corrected chi connectivity index (χ4v) is 4.98. The molecule has 1 saturated heterocycles.